The number of carbonyl (C=O) groups excluding carboxylic acids is 2. The molecule has 33 heavy (non-hydrogen) atoms. The van der Waals surface area contributed by atoms with E-state index in [9.17, 15) is 9.59 Å². The first-order valence-corrected chi connectivity index (χ1v) is 10.7. The lowest BCUT2D eigenvalue weighted by molar-refractivity contribution is -0.126. The van der Waals surface area contributed by atoms with Gasteiger partial charge < -0.3 is 24.3 Å². The van der Waals surface area contributed by atoms with Crippen molar-refractivity contribution in [3.8, 4) is 23.0 Å². The van der Waals surface area contributed by atoms with Crippen molar-refractivity contribution < 1.29 is 28.5 Å². The molecule has 0 saturated carbocycles. The molecule has 0 aliphatic heterocycles. The monoisotopic (exact) mass is 497 g/mol. The van der Waals surface area contributed by atoms with Crippen molar-refractivity contribution in [1.29, 1.82) is 0 Å². The van der Waals surface area contributed by atoms with E-state index in [2.05, 4.69) is 15.5 Å². The minimum Gasteiger partial charge on any atom is -0.497 e. The maximum atomic E-state index is 12.9. The number of Topliss-reactive ketones (excluding diaryl/α,β-unsaturated/α-hetero) is 1. The average Bonchev–Trinajstić information content (AvgIpc) is 2.77. The molecule has 2 rings (SSSR count). The van der Waals surface area contributed by atoms with Gasteiger partial charge in [-0.3, -0.25) is 9.59 Å². The van der Waals surface area contributed by atoms with Crippen molar-refractivity contribution in [3.05, 3.63) is 34.3 Å². The molecule has 1 amide bonds. The number of benzene rings is 2. The average molecular weight is 498 g/mol. The number of hydrogen-bond donors (Lipinski definition) is 1. The van der Waals surface area contributed by atoms with Crippen molar-refractivity contribution in [1.82, 2.24) is 0 Å². The van der Waals surface area contributed by atoms with Crippen molar-refractivity contribution in [2.45, 2.75) is 26.8 Å². The molecule has 0 saturated heterocycles. The van der Waals surface area contributed by atoms with Crippen LogP contribution >= 0.6 is 23.2 Å². The van der Waals surface area contributed by atoms with E-state index in [1.54, 1.807) is 19.1 Å². The van der Waals surface area contributed by atoms with Gasteiger partial charge >= 0.3 is 0 Å². The lowest BCUT2D eigenvalue weighted by atomic mass is 10.2. The van der Waals surface area contributed by atoms with Gasteiger partial charge in [0.2, 0.25) is 6.04 Å². The molecule has 0 aliphatic rings. The number of azo groups is 1. The summed E-state index contributed by atoms with van der Waals surface area (Å²) in [5, 5.41) is 10.8. The van der Waals surface area contributed by atoms with Gasteiger partial charge in [-0.1, -0.05) is 23.2 Å². The number of ether oxygens (including phenoxy) is 4. The summed E-state index contributed by atoms with van der Waals surface area (Å²) in [7, 11) is 2.90. The standard InChI is InChI=1S/C22H25Cl2N3O6/c1-6-32-14-9-16(19(24)17(11-14)33-7-2)25-22(29)20(12(3)28)26-27-21-15(23)8-13(30-4)10-18(21)31-5/h8-11,20H,6-7H2,1-5H3,(H,25,29). The minimum absolute atomic E-state index is 0.147. The van der Waals surface area contributed by atoms with Gasteiger partial charge in [-0.05, 0) is 20.8 Å². The number of rotatable bonds is 11. The number of ketones is 1. The second kappa shape index (κ2) is 12.3. The van der Waals surface area contributed by atoms with Gasteiger partial charge in [0.1, 0.15) is 28.0 Å². The highest BCUT2D eigenvalue weighted by atomic mass is 35.5. The van der Waals surface area contributed by atoms with Crippen LogP contribution in [0.15, 0.2) is 34.5 Å². The number of hydrogen-bond acceptors (Lipinski definition) is 8. The Morgan fingerprint density at radius 2 is 1.64 bits per heavy atom. The topological polar surface area (TPSA) is 108 Å². The summed E-state index contributed by atoms with van der Waals surface area (Å²) in [6.07, 6.45) is 0. The number of methoxy groups -OCH3 is 2. The summed E-state index contributed by atoms with van der Waals surface area (Å²) < 4.78 is 21.4. The van der Waals surface area contributed by atoms with E-state index in [4.69, 9.17) is 42.1 Å². The highest BCUT2D eigenvalue weighted by Gasteiger charge is 2.25. The quantitative estimate of drug-likeness (QED) is 0.324. The Balaban J connectivity index is 2.37. The van der Waals surface area contributed by atoms with Crippen molar-refractivity contribution >= 4 is 46.3 Å². The van der Waals surface area contributed by atoms with Gasteiger partial charge in [0.25, 0.3) is 5.91 Å². The lowest BCUT2D eigenvalue weighted by Crippen LogP contribution is -2.32. The highest BCUT2D eigenvalue weighted by molar-refractivity contribution is 6.35. The van der Waals surface area contributed by atoms with Gasteiger partial charge in [0.15, 0.2) is 11.5 Å². The van der Waals surface area contributed by atoms with Crippen LogP contribution in [0.4, 0.5) is 11.4 Å². The third kappa shape index (κ3) is 6.72. The molecule has 2 aromatic rings. The Labute approximate surface area is 202 Å². The summed E-state index contributed by atoms with van der Waals surface area (Å²) in [5.74, 6) is 0.201. The van der Waals surface area contributed by atoms with Gasteiger partial charge in [0, 0.05) is 24.3 Å². The molecule has 1 N–H and O–H groups in total. The summed E-state index contributed by atoms with van der Waals surface area (Å²) in [4.78, 5) is 25.1. The van der Waals surface area contributed by atoms with Crippen molar-refractivity contribution in [2.24, 2.45) is 10.2 Å². The Kier molecular flexibility index (Phi) is 9.74. The number of nitrogens with one attached hydrogen (secondary N) is 1. The van der Waals surface area contributed by atoms with Crippen LogP contribution in [0.1, 0.15) is 20.8 Å². The maximum absolute atomic E-state index is 12.9. The number of carbonyl (C=O) groups is 2. The second-order valence-corrected chi connectivity index (χ2v) is 7.31. The first-order chi connectivity index (χ1) is 15.7. The van der Waals surface area contributed by atoms with Crippen LogP contribution in [0.5, 0.6) is 23.0 Å². The Morgan fingerprint density at radius 3 is 2.21 bits per heavy atom. The van der Waals surface area contributed by atoms with E-state index in [0.717, 1.165) is 0 Å². The molecular weight excluding hydrogens is 473 g/mol. The first-order valence-electron chi connectivity index (χ1n) is 9.98. The summed E-state index contributed by atoms with van der Waals surface area (Å²) in [5.41, 5.74) is 0.353. The molecule has 0 aromatic heterocycles. The Bertz CT molecular complexity index is 1050. The molecule has 1 unspecified atom stereocenters. The van der Waals surface area contributed by atoms with Crippen LogP contribution < -0.4 is 24.3 Å². The van der Waals surface area contributed by atoms with E-state index in [0.29, 0.717) is 30.5 Å². The minimum atomic E-state index is -1.46. The van der Waals surface area contributed by atoms with E-state index < -0.39 is 17.7 Å². The molecule has 178 valence electrons. The maximum Gasteiger partial charge on any atom is 0.258 e. The van der Waals surface area contributed by atoms with Crippen LogP contribution in [0.25, 0.3) is 0 Å². The zero-order valence-corrected chi connectivity index (χ0v) is 20.4. The Hall–Kier alpha value is -3.04. The molecule has 0 bridgehead atoms. The SMILES string of the molecule is CCOc1cc(NC(=O)C(N=Nc2c(Cl)cc(OC)cc2OC)C(C)=O)c(Cl)c(OCC)c1. The third-order valence-electron chi connectivity index (χ3n) is 4.25. The fraction of sp³-hybridized carbons (Fsp3) is 0.364. The van der Waals surface area contributed by atoms with Crippen LogP contribution in [-0.4, -0.2) is 45.2 Å². The summed E-state index contributed by atoms with van der Waals surface area (Å²) >= 11 is 12.6. The molecule has 0 heterocycles. The molecular formula is C22H25Cl2N3O6. The molecule has 11 heteroatoms. The number of nitrogens with zero attached hydrogens (tertiary/aromatic N) is 2. The first kappa shape index (κ1) is 26.2. The van der Waals surface area contributed by atoms with Gasteiger partial charge in [-0.15, -0.1) is 5.11 Å². The zero-order valence-electron chi connectivity index (χ0n) is 18.9. The van der Waals surface area contributed by atoms with Gasteiger partial charge in [0.05, 0.1) is 38.1 Å². The van der Waals surface area contributed by atoms with E-state index in [1.807, 2.05) is 6.92 Å². The smallest absolute Gasteiger partial charge is 0.258 e. The van der Waals surface area contributed by atoms with Crippen LogP contribution in [-0.2, 0) is 9.59 Å². The molecule has 2 aromatic carbocycles. The molecule has 0 fully saturated rings. The Morgan fingerprint density at radius 1 is 0.970 bits per heavy atom. The lowest BCUT2D eigenvalue weighted by Gasteiger charge is -2.15. The number of anilines is 1. The third-order valence-corrected chi connectivity index (χ3v) is 4.92. The van der Waals surface area contributed by atoms with Crippen LogP contribution in [0.2, 0.25) is 10.0 Å². The summed E-state index contributed by atoms with van der Waals surface area (Å²) in [6, 6.07) is 4.75. The second-order valence-electron chi connectivity index (χ2n) is 6.53. The van der Waals surface area contributed by atoms with Crippen molar-refractivity contribution in [2.75, 3.05) is 32.8 Å². The normalized spacial score (nSPS) is 11.7. The summed E-state index contributed by atoms with van der Waals surface area (Å²) in [6.45, 7) is 5.59. The zero-order chi connectivity index (χ0) is 24.5. The van der Waals surface area contributed by atoms with Crippen LogP contribution in [0.3, 0.4) is 0 Å². The van der Waals surface area contributed by atoms with E-state index in [-0.39, 0.29) is 27.2 Å². The van der Waals surface area contributed by atoms with Gasteiger partial charge in [-0.2, -0.15) is 5.11 Å². The molecule has 0 radical (unpaired) electrons. The molecule has 0 aliphatic carbocycles. The van der Waals surface area contributed by atoms with Crippen molar-refractivity contribution in [3.63, 3.8) is 0 Å². The van der Waals surface area contributed by atoms with E-state index in [1.165, 1.54) is 33.3 Å². The molecule has 9 nitrogen and oxygen atoms in total. The molecule has 1 atom stereocenters. The number of amides is 1. The van der Waals surface area contributed by atoms with Crippen LogP contribution in [0, 0.1) is 0 Å². The molecule has 0 spiro atoms. The van der Waals surface area contributed by atoms with E-state index >= 15 is 0 Å². The fourth-order valence-electron chi connectivity index (χ4n) is 2.73. The largest absolute Gasteiger partial charge is 0.497 e. The predicted molar refractivity (Wildman–Crippen MR) is 126 cm³/mol. The number of halogens is 2. The highest BCUT2D eigenvalue weighted by Crippen LogP contribution is 2.40. The predicted octanol–water partition coefficient (Wildman–Crippen LogP) is 5.49. The van der Waals surface area contributed by atoms with Gasteiger partial charge in [-0.25, -0.2) is 0 Å². The fourth-order valence-corrected chi connectivity index (χ4v) is 3.18.